The summed E-state index contributed by atoms with van der Waals surface area (Å²) in [7, 11) is 2.02. The fourth-order valence-electron chi connectivity index (χ4n) is 7.76. The summed E-state index contributed by atoms with van der Waals surface area (Å²) in [6.45, 7) is 8.09. The fraction of sp³-hybridized carbons (Fsp3) is 0.514. The number of carbonyl (C=O) groups excluding carboxylic acids is 3. The number of benzene rings is 2. The van der Waals surface area contributed by atoms with Crippen LogP contribution in [-0.4, -0.2) is 71.4 Å². The van der Waals surface area contributed by atoms with Crippen molar-refractivity contribution in [3.8, 4) is 0 Å². The molecule has 2 aromatic rings. The van der Waals surface area contributed by atoms with Crippen LogP contribution in [0.4, 0.5) is 5.69 Å². The van der Waals surface area contributed by atoms with E-state index in [1.807, 2.05) is 68.6 Å². The third-order valence-corrected chi connectivity index (χ3v) is 10.3. The Morgan fingerprint density at radius 1 is 1.07 bits per heavy atom. The van der Waals surface area contributed by atoms with Gasteiger partial charge in [-0.1, -0.05) is 81.3 Å². The van der Waals surface area contributed by atoms with Crippen molar-refractivity contribution in [3.63, 3.8) is 0 Å². The van der Waals surface area contributed by atoms with Gasteiger partial charge in [-0.15, -0.1) is 0 Å². The summed E-state index contributed by atoms with van der Waals surface area (Å²) in [6, 6.07) is 17.0. The molecule has 2 saturated heterocycles. The number of hydrogen-bond donors (Lipinski definition) is 2. The lowest BCUT2D eigenvalue weighted by Gasteiger charge is -2.38. The molecule has 3 fully saturated rings. The maximum absolute atomic E-state index is 14.3. The van der Waals surface area contributed by atoms with Crippen molar-refractivity contribution >= 4 is 23.4 Å². The molecule has 2 bridgehead atoms. The van der Waals surface area contributed by atoms with Gasteiger partial charge in [-0.25, -0.2) is 0 Å². The van der Waals surface area contributed by atoms with Crippen LogP contribution >= 0.6 is 0 Å². The van der Waals surface area contributed by atoms with Crippen LogP contribution in [0, 0.1) is 30.6 Å². The average Bonchev–Trinajstić information content (AvgIpc) is 3.62. The van der Waals surface area contributed by atoms with Gasteiger partial charge in [0.25, 0.3) is 0 Å². The molecule has 8 atom stereocenters. The number of likely N-dealkylation sites (tertiary alicyclic amines) is 1. The minimum absolute atomic E-state index is 0.0485. The SMILES string of the molecule is Cc1cccc(NC(=O)[C@H]2[C@H]3C=C[C@@]4(O3)[C@H]2C(=O)N(CCN(C)Cc2ccccc2)[C@@H]4C(=O)N[C@@H]2CCC[C@H](C)[C@H]2C)c1. The van der Waals surface area contributed by atoms with Crippen molar-refractivity contribution in [2.75, 3.05) is 25.5 Å². The molecule has 0 aromatic heterocycles. The molecule has 1 aliphatic carbocycles. The third kappa shape index (κ3) is 5.51. The zero-order valence-corrected chi connectivity index (χ0v) is 25.7. The van der Waals surface area contributed by atoms with E-state index in [0.717, 1.165) is 31.4 Å². The van der Waals surface area contributed by atoms with Gasteiger partial charge >= 0.3 is 0 Å². The van der Waals surface area contributed by atoms with E-state index in [0.29, 0.717) is 30.6 Å². The number of aryl methyl sites for hydroxylation is 1. The largest absolute Gasteiger partial charge is 0.359 e. The molecule has 0 radical (unpaired) electrons. The summed E-state index contributed by atoms with van der Waals surface area (Å²) >= 11 is 0. The first-order valence-corrected chi connectivity index (χ1v) is 15.8. The van der Waals surface area contributed by atoms with Gasteiger partial charge in [0.2, 0.25) is 17.7 Å². The van der Waals surface area contributed by atoms with Gasteiger partial charge in [-0.2, -0.15) is 0 Å². The first-order chi connectivity index (χ1) is 20.7. The summed E-state index contributed by atoms with van der Waals surface area (Å²) in [6.07, 6.45) is 6.37. The number of rotatable bonds is 9. The zero-order chi connectivity index (χ0) is 30.3. The average molecular weight is 585 g/mol. The molecule has 3 heterocycles. The van der Waals surface area contributed by atoms with Gasteiger partial charge in [0.1, 0.15) is 11.6 Å². The molecular formula is C35H44N4O4. The highest BCUT2D eigenvalue weighted by atomic mass is 16.5. The first kappa shape index (κ1) is 29.6. The highest BCUT2D eigenvalue weighted by Gasteiger charge is 2.72. The summed E-state index contributed by atoms with van der Waals surface area (Å²) in [5.41, 5.74) is 1.73. The molecule has 4 aliphatic rings. The molecule has 6 rings (SSSR count). The predicted molar refractivity (Wildman–Crippen MR) is 166 cm³/mol. The number of nitrogens with one attached hydrogen (secondary N) is 2. The highest BCUT2D eigenvalue weighted by molar-refractivity contribution is 6.02. The van der Waals surface area contributed by atoms with Gasteiger partial charge in [0.05, 0.1) is 17.9 Å². The van der Waals surface area contributed by atoms with E-state index in [1.165, 1.54) is 5.56 Å². The predicted octanol–water partition coefficient (Wildman–Crippen LogP) is 4.16. The summed E-state index contributed by atoms with van der Waals surface area (Å²) in [5, 5.41) is 6.36. The fourth-order valence-corrected chi connectivity index (χ4v) is 7.76. The van der Waals surface area contributed by atoms with Crippen molar-refractivity contribution in [1.82, 2.24) is 15.1 Å². The second kappa shape index (κ2) is 11.9. The molecule has 1 spiro atoms. The Bertz CT molecular complexity index is 1400. The van der Waals surface area contributed by atoms with Crippen LogP contribution in [0.15, 0.2) is 66.7 Å². The highest BCUT2D eigenvalue weighted by Crippen LogP contribution is 2.55. The molecular weight excluding hydrogens is 540 g/mol. The first-order valence-electron chi connectivity index (χ1n) is 15.8. The third-order valence-electron chi connectivity index (χ3n) is 10.3. The summed E-state index contributed by atoms with van der Waals surface area (Å²) in [5.74, 6) is -1.23. The quantitative estimate of drug-likeness (QED) is 0.432. The molecule has 228 valence electrons. The van der Waals surface area contributed by atoms with Crippen LogP contribution in [0.3, 0.4) is 0 Å². The normalized spacial score (nSPS) is 32.7. The minimum atomic E-state index is -1.16. The molecule has 43 heavy (non-hydrogen) atoms. The van der Waals surface area contributed by atoms with E-state index in [9.17, 15) is 14.4 Å². The van der Waals surface area contributed by atoms with E-state index in [2.05, 4.69) is 41.5 Å². The maximum atomic E-state index is 14.3. The van der Waals surface area contributed by atoms with E-state index in [-0.39, 0.29) is 23.8 Å². The number of fused-ring (bicyclic) bond motifs is 1. The van der Waals surface area contributed by atoms with Crippen LogP contribution < -0.4 is 10.6 Å². The second-order valence-electron chi connectivity index (χ2n) is 13.2. The molecule has 1 saturated carbocycles. The Kier molecular flexibility index (Phi) is 8.18. The van der Waals surface area contributed by atoms with Gasteiger partial charge in [-0.3, -0.25) is 14.4 Å². The smallest absolute Gasteiger partial charge is 0.246 e. The monoisotopic (exact) mass is 584 g/mol. The molecule has 8 nitrogen and oxygen atoms in total. The van der Waals surface area contributed by atoms with Crippen molar-refractivity contribution < 1.29 is 19.1 Å². The van der Waals surface area contributed by atoms with Gasteiger partial charge in [0.15, 0.2) is 0 Å². The maximum Gasteiger partial charge on any atom is 0.246 e. The van der Waals surface area contributed by atoms with Crippen LogP contribution in [-0.2, 0) is 25.7 Å². The van der Waals surface area contributed by atoms with Crippen molar-refractivity contribution in [2.45, 2.75) is 70.4 Å². The van der Waals surface area contributed by atoms with Gasteiger partial charge < -0.3 is 25.2 Å². The lowest BCUT2D eigenvalue weighted by molar-refractivity contribution is -0.141. The molecule has 2 N–H and O–H groups in total. The van der Waals surface area contributed by atoms with E-state index in [4.69, 9.17) is 4.74 Å². The lowest BCUT2D eigenvalue weighted by Crippen LogP contribution is -2.58. The minimum Gasteiger partial charge on any atom is -0.359 e. The number of ether oxygens (including phenoxy) is 1. The Morgan fingerprint density at radius 3 is 2.63 bits per heavy atom. The lowest BCUT2D eigenvalue weighted by atomic mass is 9.73. The van der Waals surface area contributed by atoms with Gasteiger partial charge in [-0.05, 0) is 55.5 Å². The Morgan fingerprint density at radius 2 is 1.86 bits per heavy atom. The number of nitrogens with zero attached hydrogens (tertiary/aromatic N) is 2. The van der Waals surface area contributed by atoms with Crippen molar-refractivity contribution in [1.29, 1.82) is 0 Å². The molecule has 3 amide bonds. The Balaban J connectivity index is 1.26. The van der Waals surface area contributed by atoms with Crippen LogP contribution in [0.25, 0.3) is 0 Å². The van der Waals surface area contributed by atoms with E-state index in [1.54, 1.807) is 4.90 Å². The zero-order valence-electron chi connectivity index (χ0n) is 25.7. The number of likely N-dealkylation sites (N-methyl/N-ethyl adjacent to an activating group) is 1. The number of carbonyl (C=O) groups is 3. The molecule has 8 heteroatoms. The Hall–Kier alpha value is -3.49. The molecule has 3 aliphatic heterocycles. The standard InChI is InChI=1S/C35H44N4O4/c1-22-10-8-14-26(20-22)36-32(40)29-28-16-17-35(43-28)30(29)34(42)39(19-18-38(4)21-25-12-6-5-7-13-25)31(35)33(41)37-27-15-9-11-23(2)24(27)3/h5-8,10,12-14,16-17,20,23-24,27-31H,9,11,15,18-19,21H2,1-4H3,(H,36,40)(H,37,41)/t23-,24+,27+,28+,29-,30+,31+,35+/m0/s1. The van der Waals surface area contributed by atoms with Crippen LogP contribution in [0.5, 0.6) is 0 Å². The van der Waals surface area contributed by atoms with Crippen LogP contribution in [0.1, 0.15) is 44.2 Å². The van der Waals surface area contributed by atoms with Crippen molar-refractivity contribution in [2.24, 2.45) is 23.7 Å². The molecule has 0 unspecified atom stereocenters. The summed E-state index contributed by atoms with van der Waals surface area (Å²) < 4.78 is 6.54. The van der Waals surface area contributed by atoms with Gasteiger partial charge in [0, 0.05) is 31.4 Å². The van der Waals surface area contributed by atoms with E-state index >= 15 is 0 Å². The Labute approximate surface area is 254 Å². The second-order valence-corrected chi connectivity index (χ2v) is 13.2. The topological polar surface area (TPSA) is 91.0 Å². The number of amides is 3. The number of anilines is 1. The molecule has 2 aromatic carbocycles. The van der Waals surface area contributed by atoms with Crippen molar-refractivity contribution in [3.05, 3.63) is 77.9 Å². The van der Waals surface area contributed by atoms with Crippen LogP contribution in [0.2, 0.25) is 0 Å². The van der Waals surface area contributed by atoms with E-state index < -0.39 is 29.6 Å². The number of hydrogen-bond acceptors (Lipinski definition) is 5. The summed E-state index contributed by atoms with van der Waals surface area (Å²) in [4.78, 5) is 46.2.